The molecule has 0 saturated carbocycles. The molecular formula is C18H14BrF2N3O2. The first-order chi connectivity index (χ1) is 12.5. The highest BCUT2D eigenvalue weighted by atomic mass is 79.9. The Morgan fingerprint density at radius 1 is 1.19 bits per heavy atom. The van der Waals surface area contributed by atoms with Gasteiger partial charge in [0.1, 0.15) is 11.6 Å². The van der Waals surface area contributed by atoms with E-state index < -0.39 is 12.5 Å². The quantitative estimate of drug-likeness (QED) is 0.635. The molecule has 0 bridgehead atoms. The third kappa shape index (κ3) is 4.45. The number of amides is 1. The molecule has 0 unspecified atom stereocenters. The summed E-state index contributed by atoms with van der Waals surface area (Å²) in [6.07, 6.45) is 1.55. The molecule has 1 N–H and O–H groups in total. The number of rotatable bonds is 6. The van der Waals surface area contributed by atoms with Gasteiger partial charge in [-0.05, 0) is 29.8 Å². The molecule has 0 fully saturated rings. The Balaban J connectivity index is 1.78. The van der Waals surface area contributed by atoms with Crippen LogP contribution in [0.5, 0.6) is 5.75 Å². The van der Waals surface area contributed by atoms with E-state index >= 15 is 0 Å². The maximum Gasteiger partial charge on any atom is 0.387 e. The molecule has 5 nitrogen and oxygen atoms in total. The Kier molecular flexibility index (Phi) is 5.62. The Bertz CT molecular complexity index is 915. The number of hydrogen-bond acceptors (Lipinski definition) is 3. The number of carbonyl (C=O) groups excluding carboxylic acids is 1. The van der Waals surface area contributed by atoms with Crippen LogP contribution in [-0.2, 0) is 6.54 Å². The van der Waals surface area contributed by atoms with Crippen LogP contribution in [0.2, 0.25) is 0 Å². The van der Waals surface area contributed by atoms with Crippen LogP contribution in [0, 0.1) is 0 Å². The average molecular weight is 422 g/mol. The van der Waals surface area contributed by atoms with E-state index in [0.717, 1.165) is 10.0 Å². The highest BCUT2D eigenvalue weighted by molar-refractivity contribution is 9.10. The van der Waals surface area contributed by atoms with E-state index in [1.165, 1.54) is 18.2 Å². The highest BCUT2D eigenvalue weighted by Gasteiger charge is 2.17. The zero-order valence-corrected chi connectivity index (χ0v) is 15.0. The van der Waals surface area contributed by atoms with Crippen molar-refractivity contribution < 1.29 is 18.3 Å². The maximum absolute atomic E-state index is 12.5. The van der Waals surface area contributed by atoms with Gasteiger partial charge in [-0.15, -0.1) is 0 Å². The van der Waals surface area contributed by atoms with E-state index in [0.29, 0.717) is 12.4 Å². The summed E-state index contributed by atoms with van der Waals surface area (Å²) >= 11 is 3.41. The van der Waals surface area contributed by atoms with E-state index in [1.807, 2.05) is 24.3 Å². The summed E-state index contributed by atoms with van der Waals surface area (Å²) in [6.45, 7) is -2.57. The molecule has 0 aliphatic heterocycles. The number of ether oxygens (including phenoxy) is 1. The third-order valence-electron chi connectivity index (χ3n) is 3.53. The first-order valence-corrected chi connectivity index (χ1v) is 8.43. The van der Waals surface area contributed by atoms with Gasteiger partial charge in [0.25, 0.3) is 5.91 Å². The minimum Gasteiger partial charge on any atom is -0.434 e. The number of carbonyl (C=O) groups is 1. The van der Waals surface area contributed by atoms with Crippen LogP contribution in [0.3, 0.4) is 0 Å². The standard InChI is InChI=1S/C18H14BrF2N3O2/c19-13-5-3-4-12(10-13)11-24-16(8-9-22-24)23-17(25)14-6-1-2-7-15(14)26-18(20)21/h1-10,18H,11H2,(H,23,25). The summed E-state index contributed by atoms with van der Waals surface area (Å²) in [4.78, 5) is 12.5. The smallest absolute Gasteiger partial charge is 0.387 e. The average Bonchev–Trinajstić information content (AvgIpc) is 3.01. The molecule has 26 heavy (non-hydrogen) atoms. The van der Waals surface area contributed by atoms with E-state index in [1.54, 1.807) is 23.0 Å². The van der Waals surface area contributed by atoms with E-state index in [9.17, 15) is 13.6 Å². The van der Waals surface area contributed by atoms with Crippen LogP contribution in [0.15, 0.2) is 65.3 Å². The molecule has 1 aromatic heterocycles. The van der Waals surface area contributed by atoms with Crippen molar-refractivity contribution in [1.29, 1.82) is 0 Å². The van der Waals surface area contributed by atoms with Gasteiger partial charge in [0.05, 0.1) is 18.3 Å². The number of hydrogen-bond donors (Lipinski definition) is 1. The van der Waals surface area contributed by atoms with Gasteiger partial charge in [-0.3, -0.25) is 4.79 Å². The van der Waals surface area contributed by atoms with Crippen molar-refractivity contribution in [3.05, 3.63) is 76.4 Å². The zero-order valence-electron chi connectivity index (χ0n) is 13.4. The van der Waals surface area contributed by atoms with Crippen molar-refractivity contribution in [2.24, 2.45) is 0 Å². The Hall–Kier alpha value is -2.74. The van der Waals surface area contributed by atoms with Crippen molar-refractivity contribution in [2.75, 3.05) is 5.32 Å². The van der Waals surface area contributed by atoms with E-state index in [4.69, 9.17) is 0 Å². The molecular weight excluding hydrogens is 408 g/mol. The van der Waals surface area contributed by atoms with Crippen molar-refractivity contribution >= 4 is 27.7 Å². The number of anilines is 1. The minimum atomic E-state index is -3.01. The second-order valence-corrected chi connectivity index (χ2v) is 6.25. The number of halogens is 3. The number of aromatic nitrogens is 2. The van der Waals surface area contributed by atoms with Crippen molar-refractivity contribution in [3.8, 4) is 5.75 Å². The zero-order chi connectivity index (χ0) is 18.5. The summed E-state index contributed by atoms with van der Waals surface area (Å²) in [5, 5.41) is 6.87. The van der Waals surface area contributed by atoms with Gasteiger partial charge in [-0.2, -0.15) is 13.9 Å². The van der Waals surface area contributed by atoms with Crippen molar-refractivity contribution in [1.82, 2.24) is 9.78 Å². The first-order valence-electron chi connectivity index (χ1n) is 7.64. The molecule has 1 amide bonds. The lowest BCUT2D eigenvalue weighted by atomic mass is 10.2. The number of benzene rings is 2. The van der Waals surface area contributed by atoms with Crippen LogP contribution in [0.4, 0.5) is 14.6 Å². The van der Waals surface area contributed by atoms with Gasteiger partial charge in [0.2, 0.25) is 0 Å². The molecule has 3 aromatic rings. The Morgan fingerprint density at radius 2 is 2.00 bits per heavy atom. The molecule has 0 radical (unpaired) electrons. The lowest BCUT2D eigenvalue weighted by molar-refractivity contribution is -0.0501. The lowest BCUT2D eigenvalue weighted by Gasteiger charge is -2.12. The number of para-hydroxylation sites is 1. The molecule has 3 rings (SSSR count). The third-order valence-corrected chi connectivity index (χ3v) is 4.02. The van der Waals surface area contributed by atoms with Gasteiger partial charge < -0.3 is 10.1 Å². The summed E-state index contributed by atoms with van der Waals surface area (Å²) < 4.78 is 32.0. The fourth-order valence-electron chi connectivity index (χ4n) is 2.41. The van der Waals surface area contributed by atoms with Gasteiger partial charge >= 0.3 is 6.61 Å². The fourth-order valence-corrected chi connectivity index (χ4v) is 2.86. The summed E-state index contributed by atoms with van der Waals surface area (Å²) in [7, 11) is 0. The van der Waals surface area contributed by atoms with Gasteiger partial charge in [0.15, 0.2) is 0 Å². The second kappa shape index (κ2) is 8.09. The number of alkyl halides is 2. The van der Waals surface area contributed by atoms with Crippen LogP contribution in [0.1, 0.15) is 15.9 Å². The Labute approximate surface area is 156 Å². The highest BCUT2D eigenvalue weighted by Crippen LogP contribution is 2.22. The van der Waals surface area contributed by atoms with E-state index in [2.05, 4.69) is 31.1 Å². The van der Waals surface area contributed by atoms with Crippen molar-refractivity contribution in [2.45, 2.75) is 13.2 Å². The maximum atomic E-state index is 12.5. The SMILES string of the molecule is O=C(Nc1ccnn1Cc1cccc(Br)c1)c1ccccc1OC(F)F. The fraction of sp³-hybridized carbons (Fsp3) is 0.111. The molecule has 0 saturated heterocycles. The molecule has 0 atom stereocenters. The second-order valence-electron chi connectivity index (χ2n) is 5.33. The number of nitrogens with one attached hydrogen (secondary N) is 1. The molecule has 134 valence electrons. The Morgan fingerprint density at radius 3 is 2.77 bits per heavy atom. The summed E-state index contributed by atoms with van der Waals surface area (Å²) in [5.74, 6) is -0.294. The van der Waals surface area contributed by atoms with Crippen LogP contribution in [-0.4, -0.2) is 22.3 Å². The van der Waals surface area contributed by atoms with E-state index in [-0.39, 0.29) is 11.3 Å². The topological polar surface area (TPSA) is 56.2 Å². The number of nitrogens with zero attached hydrogens (tertiary/aromatic N) is 2. The molecule has 0 spiro atoms. The summed E-state index contributed by atoms with van der Waals surface area (Å²) in [5.41, 5.74) is 1.00. The van der Waals surface area contributed by atoms with Crippen LogP contribution < -0.4 is 10.1 Å². The van der Waals surface area contributed by atoms with Gasteiger partial charge in [-0.1, -0.05) is 40.2 Å². The predicted octanol–water partition coefficient (Wildman–Crippen LogP) is 4.55. The van der Waals surface area contributed by atoms with Gasteiger partial charge in [0, 0.05) is 10.5 Å². The monoisotopic (exact) mass is 421 g/mol. The predicted molar refractivity (Wildman–Crippen MR) is 96.5 cm³/mol. The lowest BCUT2D eigenvalue weighted by Crippen LogP contribution is -2.18. The summed E-state index contributed by atoms with van der Waals surface area (Å²) in [6, 6.07) is 15.2. The molecule has 2 aromatic carbocycles. The largest absolute Gasteiger partial charge is 0.434 e. The van der Waals surface area contributed by atoms with Crippen LogP contribution in [0.25, 0.3) is 0 Å². The minimum absolute atomic E-state index is 0.0167. The normalized spacial score (nSPS) is 10.8. The van der Waals surface area contributed by atoms with Crippen molar-refractivity contribution in [3.63, 3.8) is 0 Å². The molecule has 0 aliphatic carbocycles. The first kappa shape index (κ1) is 18.1. The molecule has 8 heteroatoms. The van der Waals surface area contributed by atoms with Crippen LogP contribution >= 0.6 is 15.9 Å². The molecule has 0 aliphatic rings. The molecule has 1 heterocycles. The van der Waals surface area contributed by atoms with Gasteiger partial charge in [-0.25, -0.2) is 4.68 Å².